The van der Waals surface area contributed by atoms with Crippen molar-refractivity contribution in [3.63, 3.8) is 0 Å². The smallest absolute Gasteiger partial charge is 0.307 e. The molecule has 3 heterocycles. The number of carbonyl (C=O) groups excluding carboxylic acids is 1. The molecule has 1 spiro atoms. The minimum absolute atomic E-state index is 0.00479. The molecule has 5 nitrogen and oxygen atoms in total. The van der Waals surface area contributed by atoms with Crippen LogP contribution in [0.15, 0.2) is 23.7 Å². The lowest BCUT2D eigenvalue weighted by molar-refractivity contribution is -0.139. The van der Waals surface area contributed by atoms with Gasteiger partial charge in [-0.05, 0) is 42.2 Å². The van der Waals surface area contributed by atoms with Crippen molar-refractivity contribution in [1.82, 2.24) is 9.88 Å². The molecule has 1 saturated carbocycles. The molecule has 1 saturated heterocycles. The molecule has 114 valence electrons. The van der Waals surface area contributed by atoms with Gasteiger partial charge < -0.3 is 10.0 Å². The van der Waals surface area contributed by atoms with Gasteiger partial charge in [0.1, 0.15) is 0 Å². The maximum absolute atomic E-state index is 12.6. The maximum atomic E-state index is 12.6. The molecule has 2 aromatic heterocycles. The van der Waals surface area contributed by atoms with Crippen LogP contribution >= 0.6 is 11.3 Å². The highest BCUT2D eigenvalue weighted by Gasteiger charge is 2.59. The van der Waals surface area contributed by atoms with Crippen LogP contribution < -0.4 is 0 Å². The molecule has 1 N–H and O–H groups in total. The first-order chi connectivity index (χ1) is 10.6. The van der Waals surface area contributed by atoms with Crippen molar-refractivity contribution in [2.24, 2.45) is 11.3 Å². The minimum Gasteiger partial charge on any atom is -0.481 e. The Morgan fingerprint density at radius 2 is 2.14 bits per heavy atom. The Balaban J connectivity index is 1.47. The number of hydrogen-bond donors (Lipinski definition) is 1. The lowest BCUT2D eigenvalue weighted by Crippen LogP contribution is -2.40. The molecule has 0 radical (unpaired) electrons. The summed E-state index contributed by atoms with van der Waals surface area (Å²) in [6.07, 6.45) is 4.00. The highest BCUT2D eigenvalue weighted by molar-refractivity contribution is 7.17. The first-order valence-electron chi connectivity index (χ1n) is 7.44. The minimum atomic E-state index is -0.688. The quantitative estimate of drug-likeness (QED) is 0.924. The molecular formula is C16H16N2O3S. The van der Waals surface area contributed by atoms with E-state index in [0.717, 1.165) is 29.5 Å². The third-order valence-electron chi connectivity index (χ3n) is 5.08. The third-order valence-corrected chi connectivity index (χ3v) is 5.94. The Morgan fingerprint density at radius 1 is 1.36 bits per heavy atom. The molecular weight excluding hydrogens is 300 g/mol. The van der Waals surface area contributed by atoms with Gasteiger partial charge in [-0.1, -0.05) is 0 Å². The summed E-state index contributed by atoms with van der Waals surface area (Å²) in [4.78, 5) is 29.8. The first kappa shape index (κ1) is 13.7. The van der Waals surface area contributed by atoms with Gasteiger partial charge in [0.25, 0.3) is 5.91 Å². The van der Waals surface area contributed by atoms with Crippen LogP contribution in [0.5, 0.6) is 0 Å². The van der Waals surface area contributed by atoms with Crippen LogP contribution in [0, 0.1) is 11.3 Å². The number of amides is 1. The van der Waals surface area contributed by atoms with Crippen molar-refractivity contribution in [3.05, 3.63) is 29.3 Å². The number of hydrogen-bond acceptors (Lipinski definition) is 4. The molecule has 1 aliphatic heterocycles. The number of carboxylic acids is 1. The largest absolute Gasteiger partial charge is 0.481 e. The molecule has 1 unspecified atom stereocenters. The van der Waals surface area contributed by atoms with Gasteiger partial charge in [-0.25, -0.2) is 0 Å². The van der Waals surface area contributed by atoms with E-state index >= 15 is 0 Å². The molecule has 2 aliphatic rings. The van der Waals surface area contributed by atoms with Crippen LogP contribution in [0.25, 0.3) is 10.2 Å². The lowest BCUT2D eigenvalue weighted by Gasteiger charge is -2.32. The van der Waals surface area contributed by atoms with Crippen LogP contribution in [-0.4, -0.2) is 40.0 Å². The van der Waals surface area contributed by atoms with Gasteiger partial charge in [-0.15, -0.1) is 11.3 Å². The fraction of sp³-hybridized carbons (Fsp3) is 0.438. The van der Waals surface area contributed by atoms with Crippen LogP contribution in [0.3, 0.4) is 0 Å². The monoisotopic (exact) mass is 316 g/mol. The standard InChI is InChI=1S/C16H16N2O3S/c19-14(10-7-13-12(17-9-10)1-6-22-13)18-4-2-16(3-5-18)8-11(16)15(20)21/h1,6-7,9,11H,2-5,8H2,(H,20,21). The molecule has 4 rings (SSSR count). The van der Waals surface area contributed by atoms with E-state index in [1.54, 1.807) is 17.5 Å². The van der Waals surface area contributed by atoms with Crippen molar-refractivity contribution >= 4 is 33.4 Å². The van der Waals surface area contributed by atoms with Crippen molar-refractivity contribution in [1.29, 1.82) is 0 Å². The summed E-state index contributed by atoms with van der Waals surface area (Å²) >= 11 is 1.58. The van der Waals surface area contributed by atoms with E-state index in [1.165, 1.54) is 0 Å². The summed E-state index contributed by atoms with van der Waals surface area (Å²) in [5.41, 5.74) is 1.50. The summed E-state index contributed by atoms with van der Waals surface area (Å²) < 4.78 is 1.02. The Kier molecular flexibility index (Phi) is 2.97. The SMILES string of the molecule is O=C(O)C1CC12CCN(C(=O)c1cnc3ccsc3c1)CC2. The number of aliphatic carboxylic acids is 1. The molecule has 1 aliphatic carbocycles. The van der Waals surface area contributed by atoms with E-state index in [0.29, 0.717) is 18.7 Å². The third kappa shape index (κ3) is 2.09. The number of pyridine rings is 1. The van der Waals surface area contributed by atoms with E-state index in [2.05, 4.69) is 4.98 Å². The molecule has 0 aromatic carbocycles. The van der Waals surface area contributed by atoms with Crippen LogP contribution in [-0.2, 0) is 4.79 Å². The van der Waals surface area contributed by atoms with Gasteiger partial charge in [0.05, 0.1) is 21.7 Å². The fourth-order valence-corrected chi connectivity index (χ4v) is 4.33. The highest BCUT2D eigenvalue weighted by atomic mass is 32.1. The van der Waals surface area contributed by atoms with Crippen molar-refractivity contribution < 1.29 is 14.7 Å². The zero-order chi connectivity index (χ0) is 15.3. The number of nitrogens with zero attached hydrogens (tertiary/aromatic N) is 2. The summed E-state index contributed by atoms with van der Waals surface area (Å²) in [6.45, 7) is 1.29. The number of carbonyl (C=O) groups is 2. The zero-order valence-corrected chi connectivity index (χ0v) is 12.8. The molecule has 1 amide bonds. The maximum Gasteiger partial charge on any atom is 0.307 e. The van der Waals surface area contributed by atoms with E-state index < -0.39 is 5.97 Å². The fourth-order valence-electron chi connectivity index (χ4n) is 3.55. The predicted octanol–water partition coefficient (Wildman–Crippen LogP) is 2.62. The summed E-state index contributed by atoms with van der Waals surface area (Å²) in [5, 5.41) is 11.1. The van der Waals surface area contributed by atoms with Crippen LogP contribution in [0.2, 0.25) is 0 Å². The number of rotatable bonds is 2. The van der Waals surface area contributed by atoms with E-state index in [-0.39, 0.29) is 17.2 Å². The number of fused-ring (bicyclic) bond motifs is 1. The molecule has 2 fully saturated rings. The Hall–Kier alpha value is -1.95. The predicted molar refractivity (Wildman–Crippen MR) is 82.9 cm³/mol. The second kappa shape index (κ2) is 4.78. The molecule has 6 heteroatoms. The summed E-state index contributed by atoms with van der Waals surface area (Å²) in [5.74, 6) is -0.883. The van der Waals surface area contributed by atoms with E-state index in [1.807, 2.05) is 22.4 Å². The average molecular weight is 316 g/mol. The van der Waals surface area contributed by atoms with E-state index in [4.69, 9.17) is 5.11 Å². The van der Waals surface area contributed by atoms with Gasteiger partial charge in [0.15, 0.2) is 0 Å². The Bertz CT molecular complexity index is 762. The lowest BCUT2D eigenvalue weighted by atomic mass is 9.90. The van der Waals surface area contributed by atoms with Crippen molar-refractivity contribution in [3.8, 4) is 0 Å². The zero-order valence-electron chi connectivity index (χ0n) is 12.0. The molecule has 22 heavy (non-hydrogen) atoms. The second-order valence-electron chi connectivity index (χ2n) is 6.28. The van der Waals surface area contributed by atoms with Crippen molar-refractivity contribution in [2.75, 3.05) is 13.1 Å². The number of thiophene rings is 1. The summed E-state index contributed by atoms with van der Waals surface area (Å²) in [6, 6.07) is 3.84. The highest BCUT2D eigenvalue weighted by Crippen LogP contribution is 2.59. The number of carboxylic acid groups (broad SMARTS) is 1. The number of aromatic nitrogens is 1. The van der Waals surface area contributed by atoms with Gasteiger partial charge in [-0.2, -0.15) is 0 Å². The topological polar surface area (TPSA) is 70.5 Å². The molecule has 1 atom stereocenters. The van der Waals surface area contributed by atoms with Gasteiger partial charge in [-0.3, -0.25) is 14.6 Å². The first-order valence-corrected chi connectivity index (χ1v) is 8.32. The summed E-state index contributed by atoms with van der Waals surface area (Å²) in [7, 11) is 0. The van der Waals surface area contributed by atoms with Gasteiger partial charge >= 0.3 is 5.97 Å². The van der Waals surface area contributed by atoms with Crippen LogP contribution in [0.1, 0.15) is 29.6 Å². The Labute approximate surface area is 131 Å². The number of likely N-dealkylation sites (tertiary alicyclic amines) is 1. The van der Waals surface area contributed by atoms with Crippen LogP contribution in [0.4, 0.5) is 0 Å². The average Bonchev–Trinajstić information content (AvgIpc) is 3.03. The second-order valence-corrected chi connectivity index (χ2v) is 7.23. The molecule has 0 bridgehead atoms. The van der Waals surface area contributed by atoms with Gasteiger partial charge in [0.2, 0.25) is 0 Å². The normalized spacial score (nSPS) is 22.9. The van der Waals surface area contributed by atoms with E-state index in [9.17, 15) is 9.59 Å². The molecule has 2 aromatic rings. The van der Waals surface area contributed by atoms with Crippen molar-refractivity contribution in [2.45, 2.75) is 19.3 Å². The van der Waals surface area contributed by atoms with Gasteiger partial charge in [0, 0.05) is 19.3 Å². The number of piperidine rings is 1. The Morgan fingerprint density at radius 3 is 2.82 bits per heavy atom.